The molecule has 0 radical (unpaired) electrons. The lowest BCUT2D eigenvalue weighted by atomic mass is 10.1. The van der Waals surface area contributed by atoms with Gasteiger partial charge in [0.15, 0.2) is 0 Å². The Morgan fingerprint density at radius 3 is 2.62 bits per heavy atom. The van der Waals surface area contributed by atoms with Gasteiger partial charge in [-0.15, -0.1) is 0 Å². The molecule has 4 nitrogen and oxygen atoms in total. The molecule has 1 aliphatic rings. The van der Waals surface area contributed by atoms with Gasteiger partial charge < -0.3 is 5.11 Å². The largest absolute Gasteiger partial charge is 0.507 e. The van der Waals surface area contributed by atoms with Crippen molar-refractivity contribution in [1.82, 2.24) is 5.43 Å². The Balaban J connectivity index is 1.56. The van der Waals surface area contributed by atoms with Crippen molar-refractivity contribution in [3.63, 3.8) is 0 Å². The Hall–Kier alpha value is -2.62. The third-order valence-corrected chi connectivity index (χ3v) is 3.67. The second kappa shape index (κ2) is 5.79. The van der Waals surface area contributed by atoms with Crippen LogP contribution in [0.25, 0.3) is 0 Å². The minimum Gasteiger partial charge on any atom is -0.507 e. The maximum atomic E-state index is 12.0. The predicted octanol–water partition coefficient (Wildman–Crippen LogP) is 2.65. The van der Waals surface area contributed by atoms with Crippen LogP contribution in [0, 0.1) is 5.92 Å². The fraction of sp³-hybridized carbons (Fsp3) is 0.176. The Labute approximate surface area is 123 Å². The summed E-state index contributed by atoms with van der Waals surface area (Å²) in [6.45, 7) is 0. The molecule has 2 N–H and O–H groups in total. The number of aromatic hydroxyl groups is 1. The Morgan fingerprint density at radius 1 is 1.14 bits per heavy atom. The third-order valence-electron chi connectivity index (χ3n) is 3.67. The van der Waals surface area contributed by atoms with Crippen LogP contribution in [0.3, 0.4) is 0 Å². The molecule has 2 unspecified atom stereocenters. The first-order chi connectivity index (χ1) is 10.3. The van der Waals surface area contributed by atoms with Crippen LogP contribution in [0.15, 0.2) is 59.7 Å². The zero-order valence-electron chi connectivity index (χ0n) is 11.4. The fourth-order valence-electron chi connectivity index (χ4n) is 2.40. The van der Waals surface area contributed by atoms with Gasteiger partial charge in [-0.05, 0) is 30.0 Å². The van der Waals surface area contributed by atoms with E-state index in [2.05, 4.69) is 10.5 Å². The van der Waals surface area contributed by atoms with E-state index in [9.17, 15) is 9.90 Å². The summed E-state index contributed by atoms with van der Waals surface area (Å²) >= 11 is 0. The van der Waals surface area contributed by atoms with Crippen molar-refractivity contribution in [2.75, 3.05) is 0 Å². The summed E-state index contributed by atoms with van der Waals surface area (Å²) in [5, 5.41) is 13.5. The van der Waals surface area contributed by atoms with E-state index in [1.165, 1.54) is 11.8 Å². The summed E-state index contributed by atoms with van der Waals surface area (Å²) in [4.78, 5) is 12.0. The van der Waals surface area contributed by atoms with Crippen LogP contribution in [0.4, 0.5) is 0 Å². The topological polar surface area (TPSA) is 61.7 Å². The van der Waals surface area contributed by atoms with E-state index in [0.29, 0.717) is 11.5 Å². The molecule has 4 heteroatoms. The zero-order valence-corrected chi connectivity index (χ0v) is 11.4. The summed E-state index contributed by atoms with van der Waals surface area (Å²) in [5.41, 5.74) is 4.31. The van der Waals surface area contributed by atoms with Crippen LogP contribution in [0.2, 0.25) is 0 Å². The van der Waals surface area contributed by atoms with E-state index >= 15 is 0 Å². The molecule has 0 aromatic heterocycles. The molecular formula is C17H16N2O2. The molecule has 2 atom stereocenters. The van der Waals surface area contributed by atoms with Gasteiger partial charge in [-0.2, -0.15) is 5.10 Å². The van der Waals surface area contributed by atoms with Crippen LogP contribution >= 0.6 is 0 Å². The van der Waals surface area contributed by atoms with Crippen LogP contribution in [0.5, 0.6) is 5.75 Å². The highest BCUT2D eigenvalue weighted by atomic mass is 16.3. The molecule has 2 aromatic rings. The van der Waals surface area contributed by atoms with Crippen molar-refractivity contribution >= 4 is 12.1 Å². The molecule has 2 aromatic carbocycles. The van der Waals surface area contributed by atoms with Crippen LogP contribution in [0.1, 0.15) is 23.5 Å². The monoisotopic (exact) mass is 280 g/mol. The van der Waals surface area contributed by atoms with Crippen LogP contribution in [-0.4, -0.2) is 17.2 Å². The Kier molecular flexibility index (Phi) is 3.69. The van der Waals surface area contributed by atoms with Crippen molar-refractivity contribution < 1.29 is 9.90 Å². The van der Waals surface area contributed by atoms with Crippen molar-refractivity contribution in [3.8, 4) is 5.75 Å². The molecule has 3 rings (SSSR count). The van der Waals surface area contributed by atoms with Crippen molar-refractivity contribution in [2.24, 2.45) is 11.0 Å². The first-order valence-corrected chi connectivity index (χ1v) is 6.91. The van der Waals surface area contributed by atoms with Gasteiger partial charge in [0.2, 0.25) is 5.91 Å². The summed E-state index contributed by atoms with van der Waals surface area (Å²) < 4.78 is 0. The van der Waals surface area contributed by atoms with Gasteiger partial charge >= 0.3 is 0 Å². The number of amides is 1. The quantitative estimate of drug-likeness (QED) is 0.668. The highest BCUT2D eigenvalue weighted by molar-refractivity contribution is 5.86. The normalized spacial score (nSPS) is 20.4. The highest BCUT2D eigenvalue weighted by Gasteiger charge is 2.43. The van der Waals surface area contributed by atoms with E-state index < -0.39 is 0 Å². The van der Waals surface area contributed by atoms with E-state index in [1.807, 2.05) is 30.3 Å². The second-order valence-corrected chi connectivity index (χ2v) is 5.15. The maximum absolute atomic E-state index is 12.0. The van der Waals surface area contributed by atoms with E-state index in [0.717, 1.165) is 6.42 Å². The number of hydrogen-bond acceptors (Lipinski definition) is 3. The average molecular weight is 280 g/mol. The Morgan fingerprint density at radius 2 is 1.86 bits per heavy atom. The predicted molar refractivity (Wildman–Crippen MR) is 81.1 cm³/mol. The number of benzene rings is 2. The number of rotatable bonds is 4. The number of nitrogens with zero attached hydrogens (tertiary/aromatic N) is 1. The van der Waals surface area contributed by atoms with E-state index in [1.54, 1.807) is 24.3 Å². The molecule has 0 bridgehead atoms. The third kappa shape index (κ3) is 3.11. The molecule has 1 saturated carbocycles. The van der Waals surface area contributed by atoms with Gasteiger partial charge in [0.1, 0.15) is 5.75 Å². The summed E-state index contributed by atoms with van der Waals surface area (Å²) in [7, 11) is 0. The number of hydrazone groups is 1. The van der Waals surface area contributed by atoms with Gasteiger partial charge in [-0.1, -0.05) is 42.5 Å². The molecule has 1 fully saturated rings. The molecule has 0 heterocycles. The number of nitrogens with one attached hydrogen (secondary N) is 1. The lowest BCUT2D eigenvalue weighted by Gasteiger charge is -2.00. The second-order valence-electron chi connectivity index (χ2n) is 5.15. The van der Waals surface area contributed by atoms with Gasteiger partial charge in [0.25, 0.3) is 0 Å². The molecule has 0 aliphatic heterocycles. The summed E-state index contributed by atoms with van der Waals surface area (Å²) in [5.74, 6) is 0.361. The van der Waals surface area contributed by atoms with Gasteiger partial charge in [0.05, 0.1) is 6.21 Å². The lowest BCUT2D eigenvalue weighted by molar-refractivity contribution is -0.122. The highest BCUT2D eigenvalue weighted by Crippen LogP contribution is 2.47. The molecule has 1 aliphatic carbocycles. The lowest BCUT2D eigenvalue weighted by Crippen LogP contribution is -2.20. The van der Waals surface area contributed by atoms with E-state index in [4.69, 9.17) is 0 Å². The number of phenols is 1. The van der Waals surface area contributed by atoms with Gasteiger partial charge in [-0.3, -0.25) is 4.79 Å². The first-order valence-electron chi connectivity index (χ1n) is 6.91. The SMILES string of the molecule is O=C(NN=Cc1ccccc1O)C1CC1c1ccccc1. The van der Waals surface area contributed by atoms with Crippen molar-refractivity contribution in [3.05, 3.63) is 65.7 Å². The number of carbonyl (C=O) groups excluding carboxylic acids is 1. The van der Waals surface area contributed by atoms with Crippen LogP contribution in [-0.2, 0) is 4.79 Å². The van der Waals surface area contributed by atoms with Crippen molar-refractivity contribution in [1.29, 1.82) is 0 Å². The number of hydrogen-bond donors (Lipinski definition) is 2. The maximum Gasteiger partial charge on any atom is 0.243 e. The Bertz CT molecular complexity index is 668. The molecule has 0 saturated heterocycles. The minimum atomic E-state index is -0.0736. The van der Waals surface area contributed by atoms with Crippen LogP contribution < -0.4 is 5.43 Å². The number of phenolic OH excluding ortho intramolecular Hbond substituents is 1. The standard InChI is InChI=1S/C17H16N2O2/c20-16-9-5-4-8-13(16)11-18-19-17(21)15-10-14(15)12-6-2-1-3-7-12/h1-9,11,14-15,20H,10H2,(H,19,21). The zero-order chi connectivity index (χ0) is 14.7. The molecular weight excluding hydrogens is 264 g/mol. The average Bonchev–Trinajstić information content (AvgIpc) is 3.31. The number of para-hydroxylation sites is 1. The molecule has 21 heavy (non-hydrogen) atoms. The molecule has 0 spiro atoms. The van der Waals surface area contributed by atoms with Gasteiger partial charge in [0, 0.05) is 11.5 Å². The smallest absolute Gasteiger partial charge is 0.243 e. The summed E-state index contributed by atoms with van der Waals surface area (Å²) in [6, 6.07) is 16.9. The first kappa shape index (κ1) is 13.4. The van der Waals surface area contributed by atoms with Crippen molar-refractivity contribution in [2.45, 2.75) is 12.3 Å². The molecule has 106 valence electrons. The van der Waals surface area contributed by atoms with Gasteiger partial charge in [-0.25, -0.2) is 5.43 Å². The summed E-state index contributed by atoms with van der Waals surface area (Å²) in [6.07, 6.45) is 2.31. The fourth-order valence-corrected chi connectivity index (χ4v) is 2.40. The minimum absolute atomic E-state index is 0.00563. The van der Waals surface area contributed by atoms with E-state index in [-0.39, 0.29) is 17.6 Å². The molecule has 1 amide bonds. The number of carbonyl (C=O) groups is 1.